The van der Waals surface area contributed by atoms with Gasteiger partial charge in [0.25, 0.3) is 0 Å². The molecule has 1 N–H and O–H groups in total. The second-order valence-corrected chi connectivity index (χ2v) is 5.38. The van der Waals surface area contributed by atoms with Crippen molar-refractivity contribution in [2.45, 2.75) is 19.4 Å². The molecule has 0 saturated carbocycles. The second-order valence-electron chi connectivity index (χ2n) is 4.23. The maximum atomic E-state index is 5.39. The lowest BCUT2D eigenvalue weighted by Crippen LogP contribution is -2.18. The van der Waals surface area contributed by atoms with Crippen LogP contribution in [0.5, 0.6) is 11.5 Å². The van der Waals surface area contributed by atoms with E-state index in [9.17, 15) is 0 Å². The summed E-state index contributed by atoms with van der Waals surface area (Å²) in [6.07, 6.45) is 1.25. The largest absolute Gasteiger partial charge is 0.454 e. The van der Waals surface area contributed by atoms with E-state index in [-0.39, 0.29) is 0 Å². The van der Waals surface area contributed by atoms with Gasteiger partial charge in [0.1, 0.15) is 0 Å². The van der Waals surface area contributed by atoms with Crippen molar-refractivity contribution >= 4 is 17.4 Å². The highest BCUT2D eigenvalue weighted by Crippen LogP contribution is 2.37. The molecule has 0 aliphatic carbocycles. The summed E-state index contributed by atoms with van der Waals surface area (Å²) >= 11 is 2.01. The van der Waals surface area contributed by atoms with Crippen LogP contribution in [0.2, 0.25) is 0 Å². The highest BCUT2D eigenvalue weighted by molar-refractivity contribution is 7.99. The van der Waals surface area contributed by atoms with E-state index < -0.39 is 0 Å². The normalized spacial score (nSPS) is 22.4. The molecule has 86 valence electrons. The van der Waals surface area contributed by atoms with Gasteiger partial charge < -0.3 is 14.8 Å². The van der Waals surface area contributed by atoms with Crippen LogP contribution in [0.15, 0.2) is 12.1 Å². The summed E-state index contributed by atoms with van der Waals surface area (Å²) in [5, 5.41) is 3.58. The first-order valence-corrected chi connectivity index (χ1v) is 6.73. The number of ether oxygens (including phenoxy) is 2. The number of thioether (sulfide) groups is 1. The molecule has 16 heavy (non-hydrogen) atoms. The summed E-state index contributed by atoms with van der Waals surface area (Å²) < 4.78 is 10.7. The van der Waals surface area contributed by atoms with Crippen LogP contribution in [0.4, 0.5) is 5.69 Å². The third-order valence-electron chi connectivity index (χ3n) is 3.01. The SMILES string of the molecule is Cc1cc2c(cc1NC1CCSC1)OCO2. The van der Waals surface area contributed by atoms with Crippen molar-refractivity contribution in [2.75, 3.05) is 23.6 Å². The minimum atomic E-state index is 0.345. The molecule has 1 saturated heterocycles. The lowest BCUT2D eigenvalue weighted by molar-refractivity contribution is 0.174. The van der Waals surface area contributed by atoms with Crippen LogP contribution in [0.1, 0.15) is 12.0 Å². The van der Waals surface area contributed by atoms with Crippen molar-refractivity contribution in [3.8, 4) is 11.5 Å². The van der Waals surface area contributed by atoms with Gasteiger partial charge >= 0.3 is 0 Å². The predicted octanol–water partition coefficient (Wildman–Crippen LogP) is 2.64. The summed E-state index contributed by atoms with van der Waals surface area (Å²) in [7, 11) is 0. The standard InChI is InChI=1S/C12H15NO2S/c1-8-4-11-12(15-7-14-11)5-10(8)13-9-2-3-16-6-9/h4-5,9,13H,2-3,6-7H2,1H3. The van der Waals surface area contributed by atoms with E-state index in [1.807, 2.05) is 17.8 Å². The zero-order valence-corrected chi connectivity index (χ0v) is 10.1. The lowest BCUT2D eigenvalue weighted by atomic mass is 10.1. The number of fused-ring (bicyclic) bond motifs is 1. The third kappa shape index (κ3) is 1.82. The van der Waals surface area contributed by atoms with Crippen LogP contribution in [0.25, 0.3) is 0 Å². The summed E-state index contributed by atoms with van der Waals surface area (Å²) in [5.74, 6) is 4.19. The highest BCUT2D eigenvalue weighted by atomic mass is 32.2. The van der Waals surface area contributed by atoms with Crippen molar-refractivity contribution in [1.82, 2.24) is 0 Å². The third-order valence-corrected chi connectivity index (χ3v) is 4.17. The predicted molar refractivity (Wildman–Crippen MR) is 66.7 cm³/mol. The van der Waals surface area contributed by atoms with Crippen LogP contribution < -0.4 is 14.8 Å². The number of rotatable bonds is 2. The molecule has 4 heteroatoms. The maximum absolute atomic E-state index is 5.39. The minimum absolute atomic E-state index is 0.345. The molecule has 2 heterocycles. The molecule has 1 aromatic carbocycles. The Morgan fingerprint density at radius 3 is 2.88 bits per heavy atom. The summed E-state index contributed by atoms with van der Waals surface area (Å²) in [6, 6.07) is 4.71. The van der Waals surface area contributed by atoms with Gasteiger partial charge in [-0.1, -0.05) is 0 Å². The molecule has 3 rings (SSSR count). The minimum Gasteiger partial charge on any atom is -0.454 e. The Labute approximate surface area is 99.5 Å². The van der Waals surface area contributed by atoms with Gasteiger partial charge in [0.15, 0.2) is 11.5 Å². The molecule has 1 fully saturated rings. The first kappa shape index (κ1) is 10.1. The van der Waals surface area contributed by atoms with E-state index in [0.29, 0.717) is 12.8 Å². The van der Waals surface area contributed by atoms with E-state index in [1.165, 1.54) is 29.2 Å². The Kier molecular flexibility index (Phi) is 2.59. The summed E-state index contributed by atoms with van der Waals surface area (Å²) in [4.78, 5) is 0. The number of aryl methyl sites for hydroxylation is 1. The van der Waals surface area contributed by atoms with Gasteiger partial charge in [-0.3, -0.25) is 0 Å². The van der Waals surface area contributed by atoms with Crippen LogP contribution >= 0.6 is 11.8 Å². The zero-order valence-electron chi connectivity index (χ0n) is 9.29. The molecule has 2 aliphatic rings. The topological polar surface area (TPSA) is 30.5 Å². The molecular weight excluding hydrogens is 222 g/mol. The first-order chi connectivity index (χ1) is 7.83. The average molecular weight is 237 g/mol. The number of anilines is 1. The number of hydrogen-bond acceptors (Lipinski definition) is 4. The van der Waals surface area contributed by atoms with Gasteiger partial charge in [0.2, 0.25) is 6.79 Å². The second kappa shape index (κ2) is 4.09. The van der Waals surface area contributed by atoms with Crippen molar-refractivity contribution in [3.63, 3.8) is 0 Å². The Morgan fingerprint density at radius 2 is 2.12 bits per heavy atom. The van der Waals surface area contributed by atoms with Gasteiger partial charge in [0.05, 0.1) is 0 Å². The average Bonchev–Trinajstić information content (AvgIpc) is 2.89. The van der Waals surface area contributed by atoms with Crippen LogP contribution in [0, 0.1) is 6.92 Å². The fourth-order valence-electron chi connectivity index (χ4n) is 2.07. The fraction of sp³-hybridized carbons (Fsp3) is 0.500. The summed E-state index contributed by atoms with van der Waals surface area (Å²) in [6.45, 7) is 2.45. The molecule has 0 spiro atoms. The van der Waals surface area contributed by atoms with Crippen LogP contribution in [0.3, 0.4) is 0 Å². The molecule has 3 nitrogen and oxygen atoms in total. The van der Waals surface area contributed by atoms with Gasteiger partial charge in [-0.05, 0) is 30.7 Å². The molecule has 2 aliphatic heterocycles. The van der Waals surface area contributed by atoms with E-state index in [0.717, 1.165) is 11.5 Å². The monoisotopic (exact) mass is 237 g/mol. The number of benzene rings is 1. The first-order valence-electron chi connectivity index (χ1n) is 5.57. The molecule has 0 radical (unpaired) electrons. The Balaban J connectivity index is 1.83. The highest BCUT2D eigenvalue weighted by Gasteiger charge is 2.19. The zero-order chi connectivity index (χ0) is 11.0. The Bertz CT molecular complexity index is 402. The van der Waals surface area contributed by atoms with E-state index >= 15 is 0 Å². The van der Waals surface area contributed by atoms with Gasteiger partial charge in [-0.25, -0.2) is 0 Å². The molecule has 1 aromatic rings. The number of nitrogens with one attached hydrogen (secondary N) is 1. The fourth-order valence-corrected chi connectivity index (χ4v) is 3.22. The van der Waals surface area contributed by atoms with Crippen LogP contribution in [-0.2, 0) is 0 Å². The van der Waals surface area contributed by atoms with Crippen molar-refractivity contribution in [3.05, 3.63) is 17.7 Å². The van der Waals surface area contributed by atoms with Gasteiger partial charge in [0, 0.05) is 23.5 Å². The van der Waals surface area contributed by atoms with E-state index in [2.05, 4.69) is 18.3 Å². The van der Waals surface area contributed by atoms with Gasteiger partial charge in [-0.2, -0.15) is 11.8 Å². The van der Waals surface area contributed by atoms with Crippen molar-refractivity contribution in [2.24, 2.45) is 0 Å². The molecule has 0 bridgehead atoms. The Morgan fingerprint density at radius 1 is 1.31 bits per heavy atom. The Hall–Kier alpha value is -1.03. The maximum Gasteiger partial charge on any atom is 0.231 e. The number of hydrogen-bond donors (Lipinski definition) is 1. The quantitative estimate of drug-likeness (QED) is 0.856. The smallest absolute Gasteiger partial charge is 0.231 e. The molecule has 1 unspecified atom stereocenters. The summed E-state index contributed by atoms with van der Waals surface area (Å²) in [5.41, 5.74) is 2.40. The van der Waals surface area contributed by atoms with Crippen molar-refractivity contribution < 1.29 is 9.47 Å². The van der Waals surface area contributed by atoms with E-state index in [4.69, 9.17) is 9.47 Å². The van der Waals surface area contributed by atoms with Crippen molar-refractivity contribution in [1.29, 1.82) is 0 Å². The molecule has 1 atom stereocenters. The molecule has 0 amide bonds. The van der Waals surface area contributed by atoms with Crippen LogP contribution in [-0.4, -0.2) is 24.3 Å². The van der Waals surface area contributed by atoms with Gasteiger partial charge in [-0.15, -0.1) is 0 Å². The molecular formula is C12H15NO2S. The molecule has 0 aromatic heterocycles. The lowest BCUT2D eigenvalue weighted by Gasteiger charge is -2.15. The van der Waals surface area contributed by atoms with E-state index in [1.54, 1.807) is 0 Å².